The molecule has 0 bridgehead atoms. The number of benzene rings is 1. The third-order valence-corrected chi connectivity index (χ3v) is 5.88. The highest BCUT2D eigenvalue weighted by Gasteiger charge is 2.22. The lowest BCUT2D eigenvalue weighted by molar-refractivity contribution is 0.502. The Kier molecular flexibility index (Phi) is 4.27. The molecule has 0 spiro atoms. The average Bonchev–Trinajstić information content (AvgIpc) is 3.01. The first-order chi connectivity index (χ1) is 12.1. The second-order valence-corrected chi connectivity index (χ2v) is 7.61. The Hall–Kier alpha value is -2.25. The SMILES string of the molecule is NC1CCN(c2cn(S(=O)c3cccc(F)c3)c3cccnc23)CC1. The summed E-state index contributed by atoms with van der Waals surface area (Å²) in [6.07, 6.45) is 5.44. The monoisotopic (exact) mass is 358 g/mol. The van der Waals surface area contributed by atoms with E-state index in [1.54, 1.807) is 22.3 Å². The quantitative estimate of drug-likeness (QED) is 0.782. The van der Waals surface area contributed by atoms with E-state index in [0.29, 0.717) is 4.90 Å². The molecule has 0 radical (unpaired) electrons. The van der Waals surface area contributed by atoms with E-state index in [4.69, 9.17) is 5.73 Å². The van der Waals surface area contributed by atoms with Crippen molar-refractivity contribution >= 4 is 27.7 Å². The first-order valence-electron chi connectivity index (χ1n) is 8.28. The van der Waals surface area contributed by atoms with Crippen LogP contribution in [-0.2, 0) is 11.0 Å². The molecule has 130 valence electrons. The van der Waals surface area contributed by atoms with Gasteiger partial charge in [0.05, 0.1) is 16.1 Å². The van der Waals surface area contributed by atoms with Crippen molar-refractivity contribution in [3.8, 4) is 0 Å². The molecule has 1 aliphatic heterocycles. The van der Waals surface area contributed by atoms with Crippen molar-refractivity contribution in [2.45, 2.75) is 23.8 Å². The summed E-state index contributed by atoms with van der Waals surface area (Å²) in [5.74, 6) is -0.398. The number of nitrogens with zero attached hydrogens (tertiary/aromatic N) is 3. The summed E-state index contributed by atoms with van der Waals surface area (Å²) in [5, 5.41) is 0. The largest absolute Gasteiger partial charge is 0.368 e. The minimum absolute atomic E-state index is 0.235. The van der Waals surface area contributed by atoms with Crippen molar-refractivity contribution in [3.63, 3.8) is 0 Å². The normalized spacial score (nSPS) is 17.1. The number of aromatic nitrogens is 2. The fraction of sp³-hybridized carbons (Fsp3) is 0.278. The highest BCUT2D eigenvalue weighted by molar-refractivity contribution is 7.83. The van der Waals surface area contributed by atoms with Gasteiger partial charge < -0.3 is 10.6 Å². The van der Waals surface area contributed by atoms with Crippen LogP contribution in [-0.4, -0.2) is 32.3 Å². The van der Waals surface area contributed by atoms with Crippen LogP contribution in [0.5, 0.6) is 0 Å². The maximum absolute atomic E-state index is 13.5. The molecule has 1 fully saturated rings. The Morgan fingerprint density at radius 2 is 2.00 bits per heavy atom. The van der Waals surface area contributed by atoms with Crippen LogP contribution in [0.1, 0.15) is 12.8 Å². The van der Waals surface area contributed by atoms with E-state index in [9.17, 15) is 8.60 Å². The highest BCUT2D eigenvalue weighted by Crippen LogP contribution is 2.31. The molecule has 0 amide bonds. The number of nitrogens with two attached hydrogens (primary N) is 1. The maximum atomic E-state index is 13.5. The molecule has 25 heavy (non-hydrogen) atoms. The molecule has 1 aliphatic rings. The zero-order chi connectivity index (χ0) is 17.4. The molecule has 4 rings (SSSR count). The molecular formula is C18H19FN4OS. The summed E-state index contributed by atoms with van der Waals surface area (Å²) in [7, 11) is -1.54. The van der Waals surface area contributed by atoms with E-state index < -0.39 is 16.8 Å². The number of fused-ring (bicyclic) bond motifs is 1. The van der Waals surface area contributed by atoms with Gasteiger partial charge in [0, 0.05) is 31.5 Å². The van der Waals surface area contributed by atoms with Crippen molar-refractivity contribution in [1.29, 1.82) is 0 Å². The number of piperidine rings is 1. The smallest absolute Gasteiger partial charge is 0.157 e. The Labute approximate surface area is 147 Å². The molecule has 1 aromatic carbocycles. The van der Waals surface area contributed by atoms with Gasteiger partial charge in [-0.3, -0.25) is 8.96 Å². The first-order valence-corrected chi connectivity index (χ1v) is 9.38. The number of pyridine rings is 1. The van der Waals surface area contributed by atoms with Crippen molar-refractivity contribution in [2.24, 2.45) is 5.73 Å². The standard InChI is InChI=1S/C18H19FN4OS/c19-13-3-1-4-15(11-13)25(24)23-12-17(18-16(23)5-2-8-21-18)22-9-6-14(20)7-10-22/h1-5,8,11-12,14H,6-7,9-10,20H2. The molecule has 1 unspecified atom stereocenters. The third-order valence-electron chi connectivity index (χ3n) is 4.56. The van der Waals surface area contributed by atoms with Gasteiger partial charge in [-0.1, -0.05) is 6.07 Å². The molecule has 7 heteroatoms. The predicted molar refractivity (Wildman–Crippen MR) is 97.4 cm³/mol. The van der Waals surface area contributed by atoms with Gasteiger partial charge in [-0.25, -0.2) is 8.60 Å². The Morgan fingerprint density at radius 1 is 1.20 bits per heavy atom. The maximum Gasteiger partial charge on any atom is 0.157 e. The van der Waals surface area contributed by atoms with Crippen LogP contribution in [0.3, 0.4) is 0 Å². The van der Waals surface area contributed by atoms with Gasteiger partial charge in [-0.05, 0) is 43.2 Å². The van der Waals surface area contributed by atoms with Crippen LogP contribution in [0.2, 0.25) is 0 Å². The van der Waals surface area contributed by atoms with Gasteiger partial charge in [0.25, 0.3) is 0 Å². The molecule has 0 saturated carbocycles. The van der Waals surface area contributed by atoms with Gasteiger partial charge in [-0.2, -0.15) is 0 Å². The molecule has 0 aliphatic carbocycles. The van der Waals surface area contributed by atoms with Gasteiger partial charge in [0.15, 0.2) is 11.0 Å². The molecule has 1 atom stereocenters. The Morgan fingerprint density at radius 3 is 2.76 bits per heavy atom. The number of anilines is 1. The topological polar surface area (TPSA) is 64.2 Å². The average molecular weight is 358 g/mol. The number of hydrogen-bond donors (Lipinski definition) is 1. The van der Waals surface area contributed by atoms with Crippen molar-refractivity contribution in [1.82, 2.24) is 8.96 Å². The van der Waals surface area contributed by atoms with Crippen molar-refractivity contribution in [3.05, 3.63) is 54.6 Å². The zero-order valence-corrected chi connectivity index (χ0v) is 14.5. The molecule has 5 nitrogen and oxygen atoms in total. The Bertz CT molecular complexity index is 934. The lowest BCUT2D eigenvalue weighted by atomic mass is 10.1. The lowest BCUT2D eigenvalue weighted by Gasteiger charge is -2.31. The van der Waals surface area contributed by atoms with E-state index in [0.717, 1.165) is 42.7 Å². The minimum Gasteiger partial charge on any atom is -0.368 e. The molecular weight excluding hydrogens is 339 g/mol. The van der Waals surface area contributed by atoms with E-state index in [-0.39, 0.29) is 6.04 Å². The van der Waals surface area contributed by atoms with Crippen LogP contribution in [0.15, 0.2) is 53.7 Å². The van der Waals surface area contributed by atoms with E-state index in [1.165, 1.54) is 12.1 Å². The summed E-state index contributed by atoms with van der Waals surface area (Å²) < 4.78 is 28.2. The predicted octanol–water partition coefficient (Wildman–Crippen LogP) is 2.67. The summed E-state index contributed by atoms with van der Waals surface area (Å²) in [4.78, 5) is 7.15. The van der Waals surface area contributed by atoms with Crippen molar-refractivity contribution in [2.75, 3.05) is 18.0 Å². The van der Waals surface area contributed by atoms with Gasteiger partial charge in [-0.15, -0.1) is 0 Å². The second-order valence-electron chi connectivity index (χ2n) is 6.24. The summed E-state index contributed by atoms with van der Waals surface area (Å²) >= 11 is 0. The van der Waals surface area contributed by atoms with Gasteiger partial charge in [0.1, 0.15) is 11.3 Å². The fourth-order valence-electron chi connectivity index (χ4n) is 3.21. The van der Waals surface area contributed by atoms with Gasteiger partial charge >= 0.3 is 0 Å². The number of rotatable bonds is 3. The lowest BCUT2D eigenvalue weighted by Crippen LogP contribution is -2.39. The summed E-state index contributed by atoms with van der Waals surface area (Å²) in [6.45, 7) is 1.70. The molecule has 2 N–H and O–H groups in total. The van der Waals surface area contributed by atoms with Crippen LogP contribution < -0.4 is 10.6 Å². The first kappa shape index (κ1) is 16.2. The molecule has 3 aromatic rings. The Balaban J connectivity index is 1.78. The third kappa shape index (κ3) is 3.05. The van der Waals surface area contributed by atoms with E-state index in [1.807, 2.05) is 18.3 Å². The van der Waals surface area contributed by atoms with E-state index in [2.05, 4.69) is 9.88 Å². The molecule has 1 saturated heterocycles. The van der Waals surface area contributed by atoms with E-state index >= 15 is 0 Å². The van der Waals surface area contributed by atoms with Crippen LogP contribution >= 0.6 is 0 Å². The summed E-state index contributed by atoms with van der Waals surface area (Å²) in [5.41, 5.74) is 8.53. The zero-order valence-electron chi connectivity index (χ0n) is 13.6. The molecule has 2 aromatic heterocycles. The fourth-order valence-corrected chi connectivity index (χ4v) is 4.37. The number of hydrogen-bond acceptors (Lipinski definition) is 4. The summed E-state index contributed by atoms with van der Waals surface area (Å²) in [6, 6.07) is 9.83. The second kappa shape index (κ2) is 6.57. The van der Waals surface area contributed by atoms with Gasteiger partial charge in [0.2, 0.25) is 0 Å². The number of halogens is 1. The highest BCUT2D eigenvalue weighted by atomic mass is 32.2. The minimum atomic E-state index is -1.54. The van der Waals surface area contributed by atoms with Crippen molar-refractivity contribution < 1.29 is 8.60 Å². The van der Waals surface area contributed by atoms with Crippen LogP contribution in [0, 0.1) is 5.82 Å². The van der Waals surface area contributed by atoms with Crippen LogP contribution in [0.4, 0.5) is 10.1 Å². The molecule has 3 heterocycles. The van der Waals surface area contributed by atoms with Crippen LogP contribution in [0.25, 0.3) is 11.0 Å².